The number of rotatable bonds is 10. The van der Waals surface area contributed by atoms with E-state index >= 15 is 0 Å². The monoisotopic (exact) mass is 503 g/mol. The fourth-order valence-corrected chi connectivity index (χ4v) is 4.12. The molecule has 0 aliphatic rings. The SMILES string of the molecule is CCc1c(-c2ccc(-n3c(OC)nn(C)c3=O)cc2)ccnc1NCCNc1cccc(C(N)=O)c1O. The van der Waals surface area contributed by atoms with Gasteiger partial charge in [0.15, 0.2) is 5.75 Å². The summed E-state index contributed by atoms with van der Waals surface area (Å²) in [5, 5.41) is 20.8. The number of para-hydroxylation sites is 1. The number of hydrogen-bond donors (Lipinski definition) is 4. The molecule has 1 amide bonds. The number of benzene rings is 2. The number of ether oxygens (including phenoxy) is 1. The van der Waals surface area contributed by atoms with Gasteiger partial charge in [-0.2, -0.15) is 0 Å². The number of phenols is 1. The highest BCUT2D eigenvalue weighted by molar-refractivity contribution is 5.97. The smallest absolute Gasteiger partial charge is 0.353 e. The molecule has 0 saturated carbocycles. The van der Waals surface area contributed by atoms with Crippen LogP contribution in [0.15, 0.2) is 59.5 Å². The van der Waals surface area contributed by atoms with E-state index in [0.29, 0.717) is 24.5 Å². The molecular weight excluding hydrogens is 474 g/mol. The fraction of sp³-hybridized carbons (Fsp3) is 0.231. The van der Waals surface area contributed by atoms with E-state index in [4.69, 9.17) is 10.5 Å². The van der Waals surface area contributed by atoms with Crippen molar-refractivity contribution >= 4 is 17.4 Å². The van der Waals surface area contributed by atoms with Crippen LogP contribution in [0.4, 0.5) is 11.5 Å². The Morgan fingerprint density at radius 3 is 2.51 bits per heavy atom. The standard InChI is InChI=1S/C26H29N7O4/c1-4-18-19(16-8-10-17(11-9-16)33-25(37-3)31-32(2)26(33)36)12-13-29-24(18)30-15-14-28-21-7-5-6-20(22(21)34)23(27)35/h5-13,28,34H,4,14-15H2,1-3H3,(H2,27,35)(H,29,30). The van der Waals surface area contributed by atoms with Crippen molar-refractivity contribution < 1.29 is 14.6 Å². The average Bonchev–Trinajstić information content (AvgIpc) is 3.20. The summed E-state index contributed by atoms with van der Waals surface area (Å²) in [5.74, 6) is -0.0994. The minimum atomic E-state index is -0.687. The van der Waals surface area contributed by atoms with Crippen molar-refractivity contribution in [3.63, 3.8) is 0 Å². The molecule has 0 saturated heterocycles. The van der Waals surface area contributed by atoms with E-state index in [9.17, 15) is 14.7 Å². The summed E-state index contributed by atoms with van der Waals surface area (Å²) in [7, 11) is 3.05. The molecule has 11 nitrogen and oxygen atoms in total. The Morgan fingerprint density at radius 1 is 1.11 bits per heavy atom. The van der Waals surface area contributed by atoms with Crippen molar-refractivity contribution in [2.45, 2.75) is 13.3 Å². The second-order valence-corrected chi connectivity index (χ2v) is 8.23. The zero-order valence-electron chi connectivity index (χ0n) is 20.9. The lowest BCUT2D eigenvalue weighted by Crippen LogP contribution is -2.21. The van der Waals surface area contributed by atoms with Gasteiger partial charge in [-0.3, -0.25) is 4.79 Å². The third-order valence-electron chi connectivity index (χ3n) is 5.96. The van der Waals surface area contributed by atoms with Crippen LogP contribution in [0, 0.1) is 0 Å². The van der Waals surface area contributed by atoms with Crippen LogP contribution in [-0.4, -0.2) is 50.5 Å². The highest BCUT2D eigenvalue weighted by Gasteiger charge is 2.15. The minimum Gasteiger partial charge on any atom is -0.505 e. The molecule has 192 valence electrons. The average molecular weight is 504 g/mol. The van der Waals surface area contributed by atoms with Crippen molar-refractivity contribution in [2.75, 3.05) is 30.8 Å². The Labute approximate surface area is 213 Å². The number of pyridine rings is 1. The normalized spacial score (nSPS) is 10.8. The Morgan fingerprint density at radius 2 is 1.84 bits per heavy atom. The van der Waals surface area contributed by atoms with Crippen LogP contribution in [0.3, 0.4) is 0 Å². The molecule has 0 aliphatic heterocycles. The van der Waals surface area contributed by atoms with Crippen LogP contribution in [0.25, 0.3) is 16.8 Å². The van der Waals surface area contributed by atoms with Crippen molar-refractivity contribution in [1.82, 2.24) is 19.3 Å². The van der Waals surface area contributed by atoms with Gasteiger partial charge in [0.2, 0.25) is 0 Å². The molecule has 11 heteroatoms. The molecule has 0 unspecified atom stereocenters. The van der Waals surface area contributed by atoms with Gasteiger partial charge in [-0.15, -0.1) is 5.10 Å². The molecule has 0 aliphatic carbocycles. The number of aromatic nitrogens is 4. The number of aryl methyl sites for hydroxylation is 1. The number of carbonyl (C=O) groups excluding carboxylic acids is 1. The first-order chi connectivity index (χ1) is 17.8. The lowest BCUT2D eigenvalue weighted by molar-refractivity contribution is 0.0998. The quantitative estimate of drug-likeness (QED) is 0.191. The maximum Gasteiger partial charge on any atom is 0.353 e. The van der Waals surface area contributed by atoms with Crippen LogP contribution in [0.1, 0.15) is 22.8 Å². The molecule has 4 rings (SSSR count). The lowest BCUT2D eigenvalue weighted by Gasteiger charge is -2.16. The number of primary amides is 1. The van der Waals surface area contributed by atoms with E-state index in [1.165, 1.54) is 22.4 Å². The Bertz CT molecular complexity index is 1480. The molecule has 2 heterocycles. The van der Waals surface area contributed by atoms with E-state index in [1.54, 1.807) is 25.4 Å². The summed E-state index contributed by atoms with van der Waals surface area (Å²) in [6, 6.07) is 14.6. The molecule has 4 aromatic rings. The van der Waals surface area contributed by atoms with Crippen molar-refractivity contribution in [3.8, 4) is 28.6 Å². The Kier molecular flexibility index (Phi) is 7.42. The van der Waals surface area contributed by atoms with Gasteiger partial charge in [0.1, 0.15) is 5.82 Å². The molecule has 5 N–H and O–H groups in total. The number of nitrogens with two attached hydrogens (primary N) is 1. The van der Waals surface area contributed by atoms with E-state index in [0.717, 1.165) is 28.9 Å². The fourth-order valence-electron chi connectivity index (χ4n) is 4.12. The number of carbonyl (C=O) groups is 1. The first-order valence-corrected chi connectivity index (χ1v) is 11.7. The van der Waals surface area contributed by atoms with Gasteiger partial charge in [-0.25, -0.2) is 19.0 Å². The topological polar surface area (TPSA) is 149 Å². The molecule has 0 bridgehead atoms. The Balaban J connectivity index is 1.50. The van der Waals surface area contributed by atoms with Gasteiger partial charge >= 0.3 is 11.7 Å². The van der Waals surface area contributed by atoms with Gasteiger partial charge in [-0.1, -0.05) is 25.1 Å². The van der Waals surface area contributed by atoms with E-state index in [-0.39, 0.29) is 23.0 Å². The molecule has 2 aromatic carbocycles. The highest BCUT2D eigenvalue weighted by atomic mass is 16.5. The van der Waals surface area contributed by atoms with Crippen LogP contribution in [0.2, 0.25) is 0 Å². The second kappa shape index (κ2) is 10.9. The molecular formula is C26H29N7O4. The van der Waals surface area contributed by atoms with Crippen LogP contribution < -0.4 is 26.8 Å². The van der Waals surface area contributed by atoms with Crippen molar-refractivity contribution in [3.05, 3.63) is 76.3 Å². The van der Waals surface area contributed by atoms with E-state index < -0.39 is 5.91 Å². The minimum absolute atomic E-state index is 0.0680. The van der Waals surface area contributed by atoms with Crippen molar-refractivity contribution in [2.24, 2.45) is 12.8 Å². The van der Waals surface area contributed by atoms with Gasteiger partial charge in [0, 0.05) is 31.9 Å². The summed E-state index contributed by atoms with van der Waals surface area (Å²) in [6.45, 7) is 3.05. The third-order valence-corrected chi connectivity index (χ3v) is 5.96. The molecule has 37 heavy (non-hydrogen) atoms. The zero-order chi connectivity index (χ0) is 26.5. The molecule has 0 fully saturated rings. The second-order valence-electron chi connectivity index (χ2n) is 8.23. The van der Waals surface area contributed by atoms with Crippen LogP contribution in [-0.2, 0) is 13.5 Å². The van der Waals surface area contributed by atoms with Gasteiger partial charge in [0.25, 0.3) is 5.91 Å². The van der Waals surface area contributed by atoms with Gasteiger partial charge in [-0.05, 0) is 47.9 Å². The van der Waals surface area contributed by atoms with Gasteiger partial charge in [0.05, 0.1) is 24.0 Å². The molecule has 0 spiro atoms. The maximum atomic E-state index is 12.5. The number of aromatic hydroxyl groups is 1. The number of hydrogen-bond acceptors (Lipinski definition) is 8. The van der Waals surface area contributed by atoms with E-state index in [2.05, 4.69) is 27.6 Å². The van der Waals surface area contributed by atoms with Crippen molar-refractivity contribution in [1.29, 1.82) is 0 Å². The zero-order valence-corrected chi connectivity index (χ0v) is 20.9. The number of nitrogens with zero attached hydrogens (tertiary/aromatic N) is 4. The van der Waals surface area contributed by atoms with Crippen LogP contribution >= 0.6 is 0 Å². The lowest BCUT2D eigenvalue weighted by atomic mass is 9.99. The summed E-state index contributed by atoms with van der Waals surface area (Å²) in [4.78, 5) is 28.4. The first kappa shape index (κ1) is 25.3. The summed E-state index contributed by atoms with van der Waals surface area (Å²) >= 11 is 0. The van der Waals surface area contributed by atoms with E-state index in [1.807, 2.05) is 30.3 Å². The van der Waals surface area contributed by atoms with Gasteiger partial charge < -0.3 is 26.2 Å². The number of amides is 1. The third kappa shape index (κ3) is 5.10. The first-order valence-electron chi connectivity index (χ1n) is 11.7. The maximum absolute atomic E-state index is 12.5. The Hall–Kier alpha value is -4.80. The highest BCUT2D eigenvalue weighted by Crippen LogP contribution is 2.30. The predicted molar refractivity (Wildman–Crippen MR) is 142 cm³/mol. The largest absolute Gasteiger partial charge is 0.505 e. The molecule has 0 atom stereocenters. The number of methoxy groups -OCH3 is 1. The number of anilines is 2. The summed E-state index contributed by atoms with van der Waals surface area (Å²) < 4.78 is 7.88. The molecule has 2 aromatic heterocycles. The summed E-state index contributed by atoms with van der Waals surface area (Å²) in [5.41, 5.74) is 9.20. The predicted octanol–water partition coefficient (Wildman–Crippen LogP) is 2.53. The van der Waals surface area contributed by atoms with Crippen LogP contribution in [0.5, 0.6) is 11.8 Å². The summed E-state index contributed by atoms with van der Waals surface area (Å²) in [6.07, 6.45) is 2.49. The molecule has 0 radical (unpaired) electrons. The number of nitrogens with one attached hydrogen (secondary N) is 2.